The normalized spacial score (nSPS) is 15.9. The number of nitrogens with one attached hydrogen (secondary N) is 1. The molecule has 1 saturated heterocycles. The van der Waals surface area contributed by atoms with E-state index in [0.717, 1.165) is 25.8 Å². The number of piperidine rings is 1. The van der Waals surface area contributed by atoms with Crippen LogP contribution in [-0.4, -0.2) is 81.0 Å². The number of hydrogen-bond donors (Lipinski definition) is 2. The molecular weight excluding hydrogens is 366 g/mol. The highest BCUT2D eigenvalue weighted by Gasteiger charge is 2.25. The highest BCUT2D eigenvalue weighted by atomic mass is 32.2. The maximum atomic E-state index is 12.3. The largest absolute Gasteiger partial charge is 0.396 e. The molecule has 0 radical (unpaired) electrons. The molecule has 7 nitrogen and oxygen atoms in total. The molecule has 0 aliphatic carbocycles. The molecule has 2 rings (SSSR count). The van der Waals surface area contributed by atoms with Crippen molar-refractivity contribution in [3.05, 3.63) is 30.3 Å². The highest BCUT2D eigenvalue weighted by molar-refractivity contribution is 7.91. The Balaban J connectivity index is 1.67. The van der Waals surface area contributed by atoms with E-state index in [1.54, 1.807) is 35.2 Å². The quantitative estimate of drug-likeness (QED) is 0.614. The number of rotatable bonds is 9. The van der Waals surface area contributed by atoms with Gasteiger partial charge in [0.1, 0.15) is 0 Å². The van der Waals surface area contributed by atoms with Gasteiger partial charge in [0.05, 0.1) is 10.6 Å². The number of hydrogen-bond acceptors (Lipinski definition) is 5. The molecule has 27 heavy (non-hydrogen) atoms. The van der Waals surface area contributed by atoms with Crippen LogP contribution in [0.2, 0.25) is 0 Å². The monoisotopic (exact) mass is 397 g/mol. The van der Waals surface area contributed by atoms with Crippen molar-refractivity contribution in [2.45, 2.75) is 36.6 Å². The van der Waals surface area contributed by atoms with Crippen molar-refractivity contribution in [2.75, 3.05) is 45.6 Å². The van der Waals surface area contributed by atoms with Crippen LogP contribution in [0.15, 0.2) is 35.2 Å². The zero-order chi connectivity index (χ0) is 19.7. The second-order valence-corrected chi connectivity index (χ2v) is 9.10. The average molecular weight is 398 g/mol. The fraction of sp³-hybridized carbons (Fsp3) is 0.632. The van der Waals surface area contributed by atoms with Gasteiger partial charge < -0.3 is 20.2 Å². The Morgan fingerprint density at radius 1 is 1.22 bits per heavy atom. The van der Waals surface area contributed by atoms with Gasteiger partial charge in [-0.25, -0.2) is 13.2 Å². The molecule has 1 fully saturated rings. The fourth-order valence-corrected chi connectivity index (χ4v) is 4.66. The molecule has 1 aliphatic heterocycles. The van der Waals surface area contributed by atoms with E-state index in [2.05, 4.69) is 17.3 Å². The number of likely N-dealkylation sites (tertiary alicyclic amines) is 1. The van der Waals surface area contributed by atoms with Crippen molar-refractivity contribution in [3.8, 4) is 0 Å². The first kappa shape index (κ1) is 21.7. The van der Waals surface area contributed by atoms with E-state index in [0.29, 0.717) is 37.0 Å². The summed E-state index contributed by atoms with van der Waals surface area (Å²) in [6.45, 7) is 2.81. The first-order valence-electron chi connectivity index (χ1n) is 9.55. The van der Waals surface area contributed by atoms with Gasteiger partial charge in [-0.2, -0.15) is 0 Å². The molecule has 0 atom stereocenters. The van der Waals surface area contributed by atoms with Crippen LogP contribution in [0.25, 0.3) is 0 Å². The van der Waals surface area contributed by atoms with E-state index < -0.39 is 9.84 Å². The third kappa shape index (κ3) is 6.79. The Bertz CT molecular complexity index is 673. The number of aliphatic hydroxyl groups excluding tert-OH is 1. The molecule has 2 amide bonds. The van der Waals surface area contributed by atoms with Crippen LogP contribution in [0.5, 0.6) is 0 Å². The summed E-state index contributed by atoms with van der Waals surface area (Å²) in [5.74, 6) is 0.0228. The lowest BCUT2D eigenvalue weighted by Gasteiger charge is -2.36. The van der Waals surface area contributed by atoms with Crippen LogP contribution in [0.4, 0.5) is 4.79 Å². The van der Waals surface area contributed by atoms with E-state index in [9.17, 15) is 13.2 Å². The molecular formula is C19H31N3O4S. The van der Waals surface area contributed by atoms with E-state index in [1.165, 1.54) is 0 Å². The second-order valence-electron chi connectivity index (χ2n) is 6.99. The summed E-state index contributed by atoms with van der Waals surface area (Å²) in [5, 5.41) is 11.8. The number of benzene rings is 1. The number of amides is 2. The predicted octanol–water partition coefficient (Wildman–Crippen LogP) is 1.34. The van der Waals surface area contributed by atoms with Crippen LogP contribution in [0.1, 0.15) is 25.7 Å². The maximum absolute atomic E-state index is 12.3. The summed E-state index contributed by atoms with van der Waals surface area (Å²) >= 11 is 0. The van der Waals surface area contributed by atoms with Crippen LogP contribution >= 0.6 is 0 Å². The first-order valence-corrected chi connectivity index (χ1v) is 11.2. The molecule has 0 aromatic heterocycles. The van der Waals surface area contributed by atoms with Gasteiger partial charge in [-0.05, 0) is 44.9 Å². The molecule has 0 saturated carbocycles. The summed E-state index contributed by atoms with van der Waals surface area (Å²) < 4.78 is 24.4. The van der Waals surface area contributed by atoms with Gasteiger partial charge in [-0.1, -0.05) is 18.2 Å². The Morgan fingerprint density at radius 3 is 2.52 bits per heavy atom. The third-order valence-electron chi connectivity index (χ3n) is 5.01. The lowest BCUT2D eigenvalue weighted by atomic mass is 10.0. The zero-order valence-corrected chi connectivity index (χ0v) is 16.8. The number of carbonyl (C=O) groups excluding carboxylic acids is 1. The summed E-state index contributed by atoms with van der Waals surface area (Å²) in [6.07, 6.45) is 2.99. The smallest absolute Gasteiger partial charge is 0.317 e. The third-order valence-corrected chi connectivity index (χ3v) is 6.83. The molecule has 0 bridgehead atoms. The van der Waals surface area contributed by atoms with Crippen LogP contribution in [0, 0.1) is 0 Å². The number of sulfone groups is 1. The topological polar surface area (TPSA) is 89.9 Å². The fourth-order valence-electron chi connectivity index (χ4n) is 3.33. The molecule has 0 spiro atoms. The van der Waals surface area contributed by atoms with E-state index in [4.69, 9.17) is 5.11 Å². The Kier molecular flexibility index (Phi) is 8.53. The zero-order valence-electron chi connectivity index (χ0n) is 16.0. The van der Waals surface area contributed by atoms with Gasteiger partial charge in [-0.15, -0.1) is 0 Å². The van der Waals surface area contributed by atoms with E-state index in [1.807, 2.05) is 0 Å². The highest BCUT2D eigenvalue weighted by Crippen LogP contribution is 2.16. The van der Waals surface area contributed by atoms with Gasteiger partial charge >= 0.3 is 6.03 Å². The number of aliphatic hydroxyl groups is 1. The minimum Gasteiger partial charge on any atom is -0.396 e. The number of nitrogens with zero attached hydrogens (tertiary/aromatic N) is 2. The van der Waals surface area contributed by atoms with Gasteiger partial charge in [0, 0.05) is 38.8 Å². The number of urea groups is 1. The molecule has 1 aromatic rings. The van der Waals surface area contributed by atoms with Crippen LogP contribution < -0.4 is 5.32 Å². The lowest BCUT2D eigenvalue weighted by molar-refractivity contribution is 0.129. The van der Waals surface area contributed by atoms with Crippen molar-refractivity contribution < 1.29 is 18.3 Å². The van der Waals surface area contributed by atoms with Crippen molar-refractivity contribution >= 4 is 15.9 Å². The molecule has 0 unspecified atom stereocenters. The molecule has 1 aromatic carbocycles. The second kappa shape index (κ2) is 10.6. The Hall–Kier alpha value is -1.64. The predicted molar refractivity (Wildman–Crippen MR) is 105 cm³/mol. The summed E-state index contributed by atoms with van der Waals surface area (Å²) in [7, 11) is -1.24. The summed E-state index contributed by atoms with van der Waals surface area (Å²) in [5.41, 5.74) is 0. The van der Waals surface area contributed by atoms with Gasteiger partial charge in [0.2, 0.25) is 0 Å². The minimum atomic E-state index is -3.30. The SMILES string of the molecule is CN(CCCO)C1CCN(C(=O)NCCCS(=O)(=O)c2ccccc2)CC1. The standard InChI is InChI=1S/C19H31N3O4S/c1-21(12-6-15-23)17-9-13-22(14-10-17)19(24)20-11-5-16-27(25,26)18-7-3-2-4-8-18/h2-4,7-8,17,23H,5-6,9-16H2,1H3,(H,20,24). The summed E-state index contributed by atoms with van der Waals surface area (Å²) in [6, 6.07) is 8.71. The molecule has 1 heterocycles. The average Bonchev–Trinajstić information content (AvgIpc) is 2.70. The van der Waals surface area contributed by atoms with Gasteiger partial charge in [0.25, 0.3) is 0 Å². The molecule has 8 heteroatoms. The minimum absolute atomic E-state index is 0.0228. The van der Waals surface area contributed by atoms with Gasteiger partial charge in [-0.3, -0.25) is 0 Å². The molecule has 2 N–H and O–H groups in total. The van der Waals surface area contributed by atoms with E-state index in [-0.39, 0.29) is 18.4 Å². The Morgan fingerprint density at radius 2 is 1.89 bits per heavy atom. The van der Waals surface area contributed by atoms with E-state index >= 15 is 0 Å². The molecule has 1 aliphatic rings. The number of carbonyl (C=O) groups is 1. The first-order chi connectivity index (χ1) is 12.9. The van der Waals surface area contributed by atoms with Crippen molar-refractivity contribution in [1.82, 2.24) is 15.1 Å². The van der Waals surface area contributed by atoms with Crippen molar-refractivity contribution in [1.29, 1.82) is 0 Å². The van der Waals surface area contributed by atoms with Gasteiger partial charge in [0.15, 0.2) is 9.84 Å². The van der Waals surface area contributed by atoms with Crippen molar-refractivity contribution in [3.63, 3.8) is 0 Å². The molecule has 152 valence electrons. The van der Waals surface area contributed by atoms with Crippen molar-refractivity contribution in [2.24, 2.45) is 0 Å². The Labute approximate surface area is 162 Å². The summed E-state index contributed by atoms with van der Waals surface area (Å²) in [4.78, 5) is 16.6. The van der Waals surface area contributed by atoms with Crippen LogP contribution in [-0.2, 0) is 9.84 Å². The van der Waals surface area contributed by atoms with Crippen LogP contribution in [0.3, 0.4) is 0 Å². The lowest BCUT2D eigenvalue weighted by Crippen LogP contribution is -2.49. The maximum Gasteiger partial charge on any atom is 0.317 e.